The van der Waals surface area contributed by atoms with Gasteiger partial charge in [-0.1, -0.05) is 19.1 Å². The molecule has 108 valence electrons. The number of anilines is 1. The van der Waals surface area contributed by atoms with Gasteiger partial charge in [-0.05, 0) is 25.0 Å². The first-order chi connectivity index (χ1) is 9.86. The first kappa shape index (κ1) is 14.6. The fraction of sp³-hybridized carbons (Fsp3) is 0.438. The number of hydrogen-bond acceptors (Lipinski definition) is 4. The van der Waals surface area contributed by atoms with Crippen LogP contribution in [0.25, 0.3) is 10.8 Å². The van der Waals surface area contributed by atoms with E-state index in [9.17, 15) is 0 Å². The molecule has 1 aromatic carbocycles. The predicted octanol–water partition coefficient (Wildman–Crippen LogP) is 3.47. The van der Waals surface area contributed by atoms with Gasteiger partial charge in [-0.3, -0.25) is 0 Å². The average molecular weight is 274 g/mol. The summed E-state index contributed by atoms with van der Waals surface area (Å²) < 4.78 is 10.8. The fourth-order valence-corrected chi connectivity index (χ4v) is 2.12. The SMILES string of the molecule is CCCOCCCNc1nccc2c(OC)cccc12. The smallest absolute Gasteiger partial charge is 0.133 e. The normalized spacial score (nSPS) is 10.7. The van der Waals surface area contributed by atoms with E-state index in [0.717, 1.165) is 54.9 Å². The molecule has 0 atom stereocenters. The van der Waals surface area contributed by atoms with E-state index in [2.05, 4.69) is 23.3 Å². The molecule has 0 fully saturated rings. The first-order valence-corrected chi connectivity index (χ1v) is 7.10. The zero-order chi connectivity index (χ0) is 14.2. The van der Waals surface area contributed by atoms with Crippen molar-refractivity contribution < 1.29 is 9.47 Å². The van der Waals surface area contributed by atoms with Gasteiger partial charge in [0.05, 0.1) is 7.11 Å². The zero-order valence-corrected chi connectivity index (χ0v) is 12.2. The number of ether oxygens (including phenoxy) is 2. The number of nitrogens with one attached hydrogen (secondary N) is 1. The van der Waals surface area contributed by atoms with E-state index in [1.165, 1.54) is 0 Å². The van der Waals surface area contributed by atoms with Crippen LogP contribution in [0, 0.1) is 0 Å². The number of rotatable bonds is 8. The minimum absolute atomic E-state index is 0.787. The molecule has 1 heterocycles. The molecule has 0 saturated heterocycles. The third-order valence-electron chi connectivity index (χ3n) is 3.09. The second-order valence-corrected chi connectivity index (χ2v) is 4.61. The van der Waals surface area contributed by atoms with Crippen molar-refractivity contribution in [3.63, 3.8) is 0 Å². The highest BCUT2D eigenvalue weighted by molar-refractivity contribution is 5.95. The molecule has 0 unspecified atom stereocenters. The van der Waals surface area contributed by atoms with Crippen molar-refractivity contribution in [3.8, 4) is 5.75 Å². The average Bonchev–Trinajstić information content (AvgIpc) is 2.50. The van der Waals surface area contributed by atoms with Crippen molar-refractivity contribution in [2.45, 2.75) is 19.8 Å². The quantitative estimate of drug-likeness (QED) is 0.748. The number of methoxy groups -OCH3 is 1. The number of pyridine rings is 1. The molecule has 1 N–H and O–H groups in total. The first-order valence-electron chi connectivity index (χ1n) is 7.10. The summed E-state index contributed by atoms with van der Waals surface area (Å²) in [7, 11) is 1.69. The molecule has 0 aliphatic heterocycles. The van der Waals surface area contributed by atoms with Gasteiger partial charge in [-0.15, -0.1) is 0 Å². The second kappa shape index (κ2) is 7.70. The fourth-order valence-electron chi connectivity index (χ4n) is 2.12. The molecule has 0 spiro atoms. The van der Waals surface area contributed by atoms with Crippen LogP contribution in [-0.4, -0.2) is 31.9 Å². The third kappa shape index (κ3) is 3.61. The summed E-state index contributed by atoms with van der Waals surface area (Å²) in [6.45, 7) is 4.59. The van der Waals surface area contributed by atoms with Crippen LogP contribution < -0.4 is 10.1 Å². The summed E-state index contributed by atoms with van der Waals surface area (Å²) in [4.78, 5) is 4.41. The van der Waals surface area contributed by atoms with Gasteiger partial charge >= 0.3 is 0 Å². The van der Waals surface area contributed by atoms with Gasteiger partial charge in [0.25, 0.3) is 0 Å². The van der Waals surface area contributed by atoms with Crippen LogP contribution in [0.15, 0.2) is 30.5 Å². The summed E-state index contributed by atoms with van der Waals surface area (Å²) >= 11 is 0. The standard InChI is InChI=1S/C16H22N2O2/c1-3-11-20-12-5-9-17-16-14-6-4-7-15(19-2)13(14)8-10-18-16/h4,6-8,10H,3,5,9,11-12H2,1-2H3,(H,17,18). The van der Waals surface area contributed by atoms with E-state index >= 15 is 0 Å². The van der Waals surface area contributed by atoms with Gasteiger partial charge in [0, 0.05) is 36.7 Å². The molecule has 0 amide bonds. The van der Waals surface area contributed by atoms with Crippen molar-refractivity contribution in [3.05, 3.63) is 30.5 Å². The Hall–Kier alpha value is -1.81. The van der Waals surface area contributed by atoms with Crippen LogP contribution >= 0.6 is 0 Å². The Bertz CT molecular complexity index is 543. The maximum Gasteiger partial charge on any atom is 0.133 e. The molecular weight excluding hydrogens is 252 g/mol. The molecule has 0 aliphatic rings. The molecular formula is C16H22N2O2. The summed E-state index contributed by atoms with van der Waals surface area (Å²) in [6, 6.07) is 7.98. The third-order valence-corrected chi connectivity index (χ3v) is 3.09. The monoisotopic (exact) mass is 274 g/mol. The Kier molecular flexibility index (Phi) is 5.62. The predicted molar refractivity (Wildman–Crippen MR) is 82.5 cm³/mol. The molecule has 20 heavy (non-hydrogen) atoms. The number of nitrogens with zero attached hydrogens (tertiary/aromatic N) is 1. The number of benzene rings is 1. The lowest BCUT2D eigenvalue weighted by molar-refractivity contribution is 0.134. The Morgan fingerprint density at radius 3 is 2.85 bits per heavy atom. The van der Waals surface area contributed by atoms with E-state index in [-0.39, 0.29) is 0 Å². The Morgan fingerprint density at radius 1 is 1.15 bits per heavy atom. The van der Waals surface area contributed by atoms with Gasteiger partial charge in [0.2, 0.25) is 0 Å². The van der Waals surface area contributed by atoms with Crippen LogP contribution in [0.5, 0.6) is 5.75 Å². The molecule has 0 bridgehead atoms. The van der Waals surface area contributed by atoms with E-state index < -0.39 is 0 Å². The highest BCUT2D eigenvalue weighted by atomic mass is 16.5. The number of hydrogen-bond donors (Lipinski definition) is 1. The molecule has 1 aromatic heterocycles. The van der Waals surface area contributed by atoms with Crippen LogP contribution in [0.2, 0.25) is 0 Å². The second-order valence-electron chi connectivity index (χ2n) is 4.61. The van der Waals surface area contributed by atoms with Crippen LogP contribution in [-0.2, 0) is 4.74 Å². The van der Waals surface area contributed by atoms with Crippen molar-refractivity contribution in [2.75, 3.05) is 32.2 Å². The van der Waals surface area contributed by atoms with Gasteiger partial charge in [0.15, 0.2) is 0 Å². The molecule has 0 radical (unpaired) electrons. The van der Waals surface area contributed by atoms with Gasteiger partial charge < -0.3 is 14.8 Å². The summed E-state index contributed by atoms with van der Waals surface area (Å²) in [5, 5.41) is 5.53. The van der Waals surface area contributed by atoms with Crippen molar-refractivity contribution >= 4 is 16.6 Å². The highest BCUT2D eigenvalue weighted by Gasteiger charge is 2.05. The van der Waals surface area contributed by atoms with Crippen molar-refractivity contribution in [2.24, 2.45) is 0 Å². The maximum absolute atomic E-state index is 5.46. The number of aromatic nitrogens is 1. The molecule has 2 rings (SSSR count). The van der Waals surface area contributed by atoms with Crippen LogP contribution in [0.4, 0.5) is 5.82 Å². The molecule has 4 heteroatoms. The zero-order valence-electron chi connectivity index (χ0n) is 12.2. The highest BCUT2D eigenvalue weighted by Crippen LogP contribution is 2.28. The summed E-state index contributed by atoms with van der Waals surface area (Å²) in [5.74, 6) is 1.77. The maximum atomic E-state index is 5.46. The Balaban J connectivity index is 2.00. The Morgan fingerprint density at radius 2 is 2.05 bits per heavy atom. The van der Waals surface area contributed by atoms with Gasteiger partial charge in [-0.2, -0.15) is 0 Å². The minimum Gasteiger partial charge on any atom is -0.496 e. The van der Waals surface area contributed by atoms with Crippen molar-refractivity contribution in [1.82, 2.24) is 4.98 Å². The van der Waals surface area contributed by atoms with E-state index in [1.807, 2.05) is 18.2 Å². The molecule has 4 nitrogen and oxygen atoms in total. The van der Waals surface area contributed by atoms with Gasteiger partial charge in [0.1, 0.15) is 11.6 Å². The van der Waals surface area contributed by atoms with Gasteiger partial charge in [-0.25, -0.2) is 4.98 Å². The molecule has 0 aliphatic carbocycles. The summed E-state index contributed by atoms with van der Waals surface area (Å²) in [5.41, 5.74) is 0. The van der Waals surface area contributed by atoms with E-state index in [1.54, 1.807) is 13.3 Å². The molecule has 2 aromatic rings. The lowest BCUT2D eigenvalue weighted by atomic mass is 10.1. The van der Waals surface area contributed by atoms with E-state index in [0.29, 0.717) is 0 Å². The Labute approximate surface area is 120 Å². The van der Waals surface area contributed by atoms with E-state index in [4.69, 9.17) is 9.47 Å². The molecule has 0 saturated carbocycles. The van der Waals surface area contributed by atoms with Crippen LogP contribution in [0.1, 0.15) is 19.8 Å². The minimum atomic E-state index is 0.787. The topological polar surface area (TPSA) is 43.4 Å². The number of fused-ring (bicyclic) bond motifs is 1. The lowest BCUT2D eigenvalue weighted by Gasteiger charge is -2.10. The largest absolute Gasteiger partial charge is 0.496 e. The van der Waals surface area contributed by atoms with Crippen LogP contribution in [0.3, 0.4) is 0 Å². The summed E-state index contributed by atoms with van der Waals surface area (Å²) in [6.07, 6.45) is 3.85. The lowest BCUT2D eigenvalue weighted by Crippen LogP contribution is -2.07. The van der Waals surface area contributed by atoms with Crippen molar-refractivity contribution in [1.29, 1.82) is 0 Å².